The van der Waals surface area contributed by atoms with Crippen LogP contribution >= 0.6 is 0 Å². The van der Waals surface area contributed by atoms with Gasteiger partial charge >= 0.3 is 6.18 Å². The Morgan fingerprint density at radius 1 is 1.56 bits per heavy atom. The van der Waals surface area contributed by atoms with E-state index in [0.717, 1.165) is 6.07 Å². The van der Waals surface area contributed by atoms with E-state index in [1.54, 1.807) is 14.0 Å². The molecule has 18 heavy (non-hydrogen) atoms. The molecule has 1 rings (SSSR count). The highest BCUT2D eigenvalue weighted by atomic mass is 19.4. The van der Waals surface area contributed by atoms with Crippen LogP contribution in [0, 0.1) is 6.92 Å². The van der Waals surface area contributed by atoms with Crippen molar-refractivity contribution in [2.45, 2.75) is 32.0 Å². The Morgan fingerprint density at radius 3 is 2.67 bits per heavy atom. The van der Waals surface area contributed by atoms with Crippen molar-refractivity contribution < 1.29 is 18.0 Å². The minimum Gasteiger partial charge on any atom is -0.320 e. The van der Waals surface area contributed by atoms with Crippen molar-refractivity contribution in [3.05, 3.63) is 17.5 Å². The zero-order chi connectivity index (χ0) is 13.8. The molecule has 0 radical (unpaired) electrons. The first-order valence-electron chi connectivity index (χ1n) is 5.61. The van der Waals surface area contributed by atoms with E-state index in [9.17, 15) is 18.0 Å². The van der Waals surface area contributed by atoms with Crippen LogP contribution in [0.3, 0.4) is 0 Å². The fourth-order valence-electron chi connectivity index (χ4n) is 1.76. The average molecular weight is 263 g/mol. The lowest BCUT2D eigenvalue weighted by molar-refractivity contribution is -0.141. The van der Waals surface area contributed by atoms with E-state index in [1.165, 1.54) is 4.68 Å². The lowest BCUT2D eigenvalue weighted by atomic mass is 10.1. The summed E-state index contributed by atoms with van der Waals surface area (Å²) < 4.78 is 38.9. The van der Waals surface area contributed by atoms with Crippen LogP contribution in [0.15, 0.2) is 6.07 Å². The summed E-state index contributed by atoms with van der Waals surface area (Å²) in [6, 6.07) is 0.656. The number of carbonyl (C=O) groups excluding carboxylic acids is 1. The summed E-state index contributed by atoms with van der Waals surface area (Å²) in [5.74, 6) is 0. The number of nitrogens with zero attached hydrogens (tertiary/aromatic N) is 2. The molecule has 0 amide bonds. The lowest BCUT2D eigenvalue weighted by Crippen LogP contribution is -2.19. The quantitative estimate of drug-likeness (QED) is 0.798. The van der Waals surface area contributed by atoms with Crippen molar-refractivity contribution in [2.24, 2.45) is 0 Å². The molecule has 1 heterocycles. The van der Waals surface area contributed by atoms with E-state index in [4.69, 9.17) is 0 Å². The maximum absolute atomic E-state index is 12.5. The maximum Gasteiger partial charge on any atom is 0.435 e. The van der Waals surface area contributed by atoms with Gasteiger partial charge in [0.2, 0.25) is 0 Å². The molecule has 7 heteroatoms. The molecule has 0 aromatic carbocycles. The standard InChI is InChI=1S/C11H16F3N3O/c1-8-7-10(11(12,13)14)16-17(8)9(4-6-18)3-5-15-2/h6-7,9,15H,3-5H2,1-2H3. The number of hydrogen-bond acceptors (Lipinski definition) is 3. The van der Waals surface area contributed by atoms with Gasteiger partial charge in [0.15, 0.2) is 5.69 Å². The second-order valence-electron chi connectivity index (χ2n) is 4.06. The van der Waals surface area contributed by atoms with E-state index < -0.39 is 11.9 Å². The predicted octanol–water partition coefficient (Wildman–Crippen LogP) is 1.95. The second-order valence-corrected chi connectivity index (χ2v) is 4.06. The molecular weight excluding hydrogens is 247 g/mol. The van der Waals surface area contributed by atoms with Gasteiger partial charge in [-0.15, -0.1) is 0 Å². The first-order valence-corrected chi connectivity index (χ1v) is 5.61. The fourth-order valence-corrected chi connectivity index (χ4v) is 1.76. The Labute approximate surface area is 103 Å². The minimum atomic E-state index is -4.45. The normalized spacial score (nSPS) is 13.6. The topological polar surface area (TPSA) is 46.9 Å². The van der Waals surface area contributed by atoms with Gasteiger partial charge in [0.25, 0.3) is 0 Å². The summed E-state index contributed by atoms with van der Waals surface area (Å²) in [5.41, 5.74) is -0.509. The van der Waals surface area contributed by atoms with Gasteiger partial charge in [0.05, 0.1) is 6.04 Å². The van der Waals surface area contributed by atoms with Gasteiger partial charge < -0.3 is 10.1 Å². The Kier molecular flexibility index (Phi) is 4.89. The molecular formula is C11H16F3N3O. The lowest BCUT2D eigenvalue weighted by Gasteiger charge is -2.16. The average Bonchev–Trinajstić information content (AvgIpc) is 2.66. The van der Waals surface area contributed by atoms with Crippen LogP contribution in [-0.2, 0) is 11.0 Å². The van der Waals surface area contributed by atoms with Gasteiger partial charge in [-0.2, -0.15) is 18.3 Å². The Hall–Kier alpha value is -1.37. The molecule has 1 aromatic rings. The number of nitrogens with one attached hydrogen (secondary N) is 1. The molecule has 0 aliphatic rings. The molecule has 4 nitrogen and oxygen atoms in total. The van der Waals surface area contributed by atoms with Crippen molar-refractivity contribution >= 4 is 6.29 Å². The molecule has 0 aliphatic carbocycles. The van der Waals surface area contributed by atoms with Crippen LogP contribution in [0.5, 0.6) is 0 Å². The monoisotopic (exact) mass is 263 g/mol. The van der Waals surface area contributed by atoms with E-state index in [1.807, 2.05) is 0 Å². The third-order valence-electron chi connectivity index (χ3n) is 2.65. The van der Waals surface area contributed by atoms with Crippen LogP contribution < -0.4 is 5.32 Å². The van der Waals surface area contributed by atoms with E-state index in [0.29, 0.717) is 24.9 Å². The number of carbonyl (C=O) groups is 1. The Balaban J connectivity index is 2.97. The summed E-state index contributed by atoms with van der Waals surface area (Å²) in [7, 11) is 1.75. The van der Waals surface area contributed by atoms with Crippen molar-refractivity contribution in [3.63, 3.8) is 0 Å². The minimum absolute atomic E-state index is 0.154. The van der Waals surface area contributed by atoms with Crippen molar-refractivity contribution in [2.75, 3.05) is 13.6 Å². The van der Waals surface area contributed by atoms with Crippen LogP contribution in [-0.4, -0.2) is 29.7 Å². The van der Waals surface area contributed by atoms with Gasteiger partial charge in [0, 0.05) is 12.1 Å². The first-order chi connectivity index (χ1) is 8.40. The van der Waals surface area contributed by atoms with Gasteiger partial charge in [-0.3, -0.25) is 4.68 Å². The molecule has 0 aliphatic heterocycles. The number of hydrogen-bond donors (Lipinski definition) is 1. The van der Waals surface area contributed by atoms with Gasteiger partial charge in [-0.05, 0) is 33.0 Å². The summed E-state index contributed by atoms with van der Waals surface area (Å²) in [4.78, 5) is 10.6. The van der Waals surface area contributed by atoms with Crippen LogP contribution in [0.25, 0.3) is 0 Å². The third-order valence-corrected chi connectivity index (χ3v) is 2.65. The highest BCUT2D eigenvalue weighted by Gasteiger charge is 2.35. The number of halogens is 3. The van der Waals surface area contributed by atoms with Crippen molar-refractivity contribution in [3.8, 4) is 0 Å². The van der Waals surface area contributed by atoms with E-state index >= 15 is 0 Å². The second kappa shape index (κ2) is 5.99. The number of aldehydes is 1. The number of aromatic nitrogens is 2. The Bertz CT molecular complexity index is 401. The van der Waals surface area contributed by atoms with Crippen molar-refractivity contribution in [1.29, 1.82) is 0 Å². The van der Waals surface area contributed by atoms with Gasteiger partial charge in [-0.25, -0.2) is 0 Å². The summed E-state index contributed by atoms with van der Waals surface area (Å²) in [6.45, 7) is 2.17. The molecule has 1 N–H and O–H groups in total. The third kappa shape index (κ3) is 3.56. The molecule has 0 spiro atoms. The van der Waals surface area contributed by atoms with Crippen LogP contribution in [0.1, 0.15) is 30.3 Å². The summed E-state index contributed by atoms with van der Waals surface area (Å²) in [5, 5.41) is 6.46. The summed E-state index contributed by atoms with van der Waals surface area (Å²) in [6.07, 6.45) is -3.05. The molecule has 1 atom stereocenters. The molecule has 0 saturated carbocycles. The SMILES string of the molecule is CNCCC(CC=O)n1nc(C(F)(F)F)cc1C. The number of rotatable bonds is 6. The van der Waals surface area contributed by atoms with Gasteiger partial charge in [0.1, 0.15) is 6.29 Å². The number of alkyl halides is 3. The van der Waals surface area contributed by atoms with Crippen LogP contribution in [0.2, 0.25) is 0 Å². The molecule has 0 bridgehead atoms. The largest absolute Gasteiger partial charge is 0.435 e. The smallest absolute Gasteiger partial charge is 0.320 e. The molecule has 102 valence electrons. The molecule has 1 unspecified atom stereocenters. The number of aryl methyl sites for hydroxylation is 1. The van der Waals surface area contributed by atoms with E-state index in [-0.39, 0.29) is 12.5 Å². The molecule has 1 aromatic heterocycles. The predicted molar refractivity (Wildman–Crippen MR) is 60.2 cm³/mol. The highest BCUT2D eigenvalue weighted by molar-refractivity contribution is 5.50. The maximum atomic E-state index is 12.5. The fraction of sp³-hybridized carbons (Fsp3) is 0.636. The molecule has 0 fully saturated rings. The Morgan fingerprint density at radius 2 is 2.22 bits per heavy atom. The first kappa shape index (κ1) is 14.7. The van der Waals surface area contributed by atoms with Crippen LogP contribution in [0.4, 0.5) is 13.2 Å². The zero-order valence-corrected chi connectivity index (χ0v) is 10.3. The zero-order valence-electron chi connectivity index (χ0n) is 10.3. The van der Waals surface area contributed by atoms with Crippen molar-refractivity contribution in [1.82, 2.24) is 15.1 Å². The summed E-state index contributed by atoms with van der Waals surface area (Å²) >= 11 is 0. The van der Waals surface area contributed by atoms with E-state index in [2.05, 4.69) is 10.4 Å². The van der Waals surface area contributed by atoms with Gasteiger partial charge in [-0.1, -0.05) is 0 Å². The highest BCUT2D eigenvalue weighted by Crippen LogP contribution is 2.30. The molecule has 0 saturated heterocycles.